The van der Waals surface area contributed by atoms with Gasteiger partial charge in [-0.3, -0.25) is 0 Å². The minimum absolute atomic E-state index is 0.104. The second-order valence-corrected chi connectivity index (χ2v) is 5.98. The smallest absolute Gasteiger partial charge is 0.122 e. The molecule has 1 heterocycles. The van der Waals surface area contributed by atoms with Crippen molar-refractivity contribution in [3.05, 3.63) is 45.9 Å². The summed E-state index contributed by atoms with van der Waals surface area (Å²) in [7, 11) is 0. The molecule has 0 radical (unpaired) electrons. The van der Waals surface area contributed by atoms with Crippen molar-refractivity contribution in [1.29, 1.82) is 0 Å². The lowest BCUT2D eigenvalue weighted by molar-refractivity contribution is 0.578. The zero-order chi connectivity index (χ0) is 11.6. The Bertz CT molecular complexity index is 454. The fourth-order valence-electron chi connectivity index (χ4n) is 1.40. The van der Waals surface area contributed by atoms with Crippen LogP contribution in [0.25, 0.3) is 0 Å². The normalized spacial score (nSPS) is 11.7. The van der Waals surface area contributed by atoms with Crippen LogP contribution in [0, 0.1) is 0 Å². The van der Waals surface area contributed by atoms with E-state index in [4.69, 9.17) is 0 Å². The lowest BCUT2D eigenvalue weighted by atomic mass is 9.98. The molecule has 3 heteroatoms. The molecule has 1 aromatic heterocycles. The van der Waals surface area contributed by atoms with Gasteiger partial charge in [0.1, 0.15) is 10.0 Å². The van der Waals surface area contributed by atoms with Gasteiger partial charge in [0, 0.05) is 11.8 Å². The summed E-state index contributed by atoms with van der Waals surface area (Å²) in [6.07, 6.45) is 0.884. The molecule has 0 saturated carbocycles. The van der Waals surface area contributed by atoms with Gasteiger partial charge >= 0.3 is 0 Å². The topological polar surface area (TPSA) is 25.8 Å². The van der Waals surface area contributed by atoms with Crippen molar-refractivity contribution in [2.75, 3.05) is 0 Å². The Morgan fingerprint density at radius 2 is 1.75 bits per heavy atom. The molecular formula is C13H16N2S. The summed E-state index contributed by atoms with van der Waals surface area (Å²) in [6.45, 7) is 6.50. The van der Waals surface area contributed by atoms with Gasteiger partial charge in [-0.25, -0.2) is 0 Å². The first kappa shape index (κ1) is 11.3. The van der Waals surface area contributed by atoms with Crippen LogP contribution in [0.5, 0.6) is 0 Å². The molecule has 0 bridgehead atoms. The van der Waals surface area contributed by atoms with E-state index in [2.05, 4.69) is 55.2 Å². The second-order valence-electron chi connectivity index (χ2n) is 4.91. The molecule has 0 fully saturated rings. The molecule has 2 rings (SSSR count). The summed E-state index contributed by atoms with van der Waals surface area (Å²) in [5, 5.41) is 10.7. The number of hydrogen-bond donors (Lipinski definition) is 0. The molecule has 0 N–H and O–H groups in total. The third-order valence-electron chi connectivity index (χ3n) is 2.31. The fraction of sp³-hybridized carbons (Fsp3) is 0.385. The third kappa shape index (κ3) is 2.67. The van der Waals surface area contributed by atoms with Crippen LogP contribution in [0.15, 0.2) is 30.3 Å². The van der Waals surface area contributed by atoms with Crippen LogP contribution in [0.1, 0.15) is 36.3 Å². The Kier molecular flexibility index (Phi) is 3.06. The van der Waals surface area contributed by atoms with Gasteiger partial charge in [0.2, 0.25) is 0 Å². The van der Waals surface area contributed by atoms with Crippen LogP contribution < -0.4 is 0 Å². The number of benzene rings is 1. The van der Waals surface area contributed by atoms with Crippen LogP contribution in [0.2, 0.25) is 0 Å². The summed E-state index contributed by atoms with van der Waals surface area (Å²) in [5.74, 6) is 0. The Labute approximate surface area is 100 Å². The van der Waals surface area contributed by atoms with E-state index in [0.29, 0.717) is 0 Å². The second kappa shape index (κ2) is 4.34. The van der Waals surface area contributed by atoms with Crippen LogP contribution in [-0.2, 0) is 11.8 Å². The Hall–Kier alpha value is -1.22. The van der Waals surface area contributed by atoms with Crippen LogP contribution in [-0.4, -0.2) is 10.2 Å². The van der Waals surface area contributed by atoms with Crippen molar-refractivity contribution >= 4 is 11.3 Å². The quantitative estimate of drug-likeness (QED) is 0.792. The van der Waals surface area contributed by atoms with Crippen molar-refractivity contribution in [3.8, 4) is 0 Å². The van der Waals surface area contributed by atoms with Crippen LogP contribution >= 0.6 is 11.3 Å². The lowest BCUT2D eigenvalue weighted by Crippen LogP contribution is -2.10. The Morgan fingerprint density at radius 1 is 1.06 bits per heavy atom. The average molecular weight is 232 g/mol. The molecule has 0 spiro atoms. The zero-order valence-electron chi connectivity index (χ0n) is 9.90. The van der Waals surface area contributed by atoms with Crippen molar-refractivity contribution in [2.45, 2.75) is 32.6 Å². The molecule has 84 valence electrons. The fourth-order valence-corrected chi connectivity index (χ4v) is 2.33. The molecule has 0 amide bonds. The maximum atomic E-state index is 4.25. The van der Waals surface area contributed by atoms with E-state index in [9.17, 15) is 0 Å². The summed E-state index contributed by atoms with van der Waals surface area (Å²) in [6, 6.07) is 10.4. The first-order valence-corrected chi connectivity index (χ1v) is 6.24. The highest BCUT2D eigenvalue weighted by Crippen LogP contribution is 2.26. The highest BCUT2D eigenvalue weighted by molar-refractivity contribution is 7.11. The molecule has 0 aliphatic rings. The average Bonchev–Trinajstić information content (AvgIpc) is 2.67. The SMILES string of the molecule is CC(C)(C)c1nnc(Cc2ccccc2)s1. The van der Waals surface area contributed by atoms with Crippen LogP contribution in [0.4, 0.5) is 0 Å². The first-order chi connectivity index (χ1) is 7.55. The standard InChI is InChI=1S/C13H16N2S/c1-13(2,3)12-15-14-11(16-12)9-10-7-5-4-6-8-10/h4-8H,9H2,1-3H3. The molecule has 0 saturated heterocycles. The predicted molar refractivity (Wildman–Crippen MR) is 67.9 cm³/mol. The van der Waals surface area contributed by atoms with E-state index in [1.54, 1.807) is 11.3 Å². The summed E-state index contributed by atoms with van der Waals surface area (Å²) < 4.78 is 0. The van der Waals surface area contributed by atoms with Gasteiger partial charge in [-0.05, 0) is 5.56 Å². The van der Waals surface area contributed by atoms with Crippen molar-refractivity contribution in [3.63, 3.8) is 0 Å². The van der Waals surface area contributed by atoms with Gasteiger partial charge in [-0.1, -0.05) is 51.1 Å². The van der Waals surface area contributed by atoms with Crippen molar-refractivity contribution in [1.82, 2.24) is 10.2 Å². The van der Waals surface area contributed by atoms with Crippen molar-refractivity contribution in [2.24, 2.45) is 0 Å². The molecule has 2 nitrogen and oxygen atoms in total. The zero-order valence-corrected chi connectivity index (χ0v) is 10.7. The summed E-state index contributed by atoms with van der Waals surface area (Å²) >= 11 is 1.71. The molecule has 2 aromatic rings. The van der Waals surface area contributed by atoms with Gasteiger partial charge < -0.3 is 0 Å². The van der Waals surface area contributed by atoms with E-state index in [1.165, 1.54) is 5.56 Å². The summed E-state index contributed by atoms with van der Waals surface area (Å²) in [5.41, 5.74) is 1.39. The van der Waals surface area contributed by atoms with E-state index < -0.39 is 0 Å². The van der Waals surface area contributed by atoms with Gasteiger partial charge in [0.25, 0.3) is 0 Å². The molecule has 0 unspecified atom stereocenters. The maximum absolute atomic E-state index is 4.25. The Morgan fingerprint density at radius 3 is 2.31 bits per heavy atom. The van der Waals surface area contributed by atoms with Gasteiger partial charge in [0.15, 0.2) is 0 Å². The molecule has 16 heavy (non-hydrogen) atoms. The number of rotatable bonds is 2. The molecule has 1 aromatic carbocycles. The van der Waals surface area contributed by atoms with Gasteiger partial charge in [-0.2, -0.15) is 0 Å². The van der Waals surface area contributed by atoms with E-state index in [-0.39, 0.29) is 5.41 Å². The van der Waals surface area contributed by atoms with Crippen molar-refractivity contribution < 1.29 is 0 Å². The minimum atomic E-state index is 0.104. The monoisotopic (exact) mass is 232 g/mol. The lowest BCUT2D eigenvalue weighted by Gasteiger charge is -2.12. The van der Waals surface area contributed by atoms with E-state index in [0.717, 1.165) is 16.4 Å². The molecule has 0 aliphatic heterocycles. The Balaban J connectivity index is 2.15. The predicted octanol–water partition coefficient (Wildman–Crippen LogP) is 3.43. The van der Waals surface area contributed by atoms with Gasteiger partial charge in [0.05, 0.1) is 0 Å². The highest BCUT2D eigenvalue weighted by Gasteiger charge is 2.19. The maximum Gasteiger partial charge on any atom is 0.122 e. The largest absolute Gasteiger partial charge is 0.143 e. The minimum Gasteiger partial charge on any atom is -0.143 e. The molecule has 0 aliphatic carbocycles. The van der Waals surface area contributed by atoms with Gasteiger partial charge in [-0.15, -0.1) is 21.5 Å². The number of hydrogen-bond acceptors (Lipinski definition) is 3. The number of aromatic nitrogens is 2. The van der Waals surface area contributed by atoms with E-state index in [1.807, 2.05) is 6.07 Å². The first-order valence-electron chi connectivity index (χ1n) is 5.42. The highest BCUT2D eigenvalue weighted by atomic mass is 32.1. The molecular weight excluding hydrogens is 216 g/mol. The van der Waals surface area contributed by atoms with Crippen LogP contribution in [0.3, 0.4) is 0 Å². The molecule has 0 atom stereocenters. The third-order valence-corrected chi connectivity index (χ3v) is 3.66. The van der Waals surface area contributed by atoms with E-state index >= 15 is 0 Å². The summed E-state index contributed by atoms with van der Waals surface area (Å²) in [4.78, 5) is 0. The number of nitrogens with zero attached hydrogens (tertiary/aromatic N) is 2.